The number of morpholine rings is 1. The van der Waals surface area contributed by atoms with E-state index >= 15 is 0 Å². The number of allylic oxidation sites excluding steroid dienone is 3. The molecule has 0 radical (unpaired) electrons. The van der Waals surface area contributed by atoms with Crippen molar-refractivity contribution in [2.24, 2.45) is 0 Å². The normalized spacial score (nSPS) is 15.5. The summed E-state index contributed by atoms with van der Waals surface area (Å²) in [7, 11) is 0. The largest absolute Gasteiger partial charge is 0.378 e. The van der Waals surface area contributed by atoms with E-state index in [1.54, 1.807) is 6.08 Å². The van der Waals surface area contributed by atoms with Crippen LogP contribution < -0.4 is 0 Å². The molecule has 0 N–H and O–H groups in total. The molecule has 1 fully saturated rings. The first-order chi connectivity index (χ1) is 12.6. The van der Waals surface area contributed by atoms with Crippen LogP contribution in [-0.2, 0) is 4.74 Å². The molecule has 3 nitrogen and oxygen atoms in total. The molecule has 0 unspecified atom stereocenters. The fraction of sp³-hybridized carbons (Fsp3) is 0.261. The number of carbonyl (C=O) groups excluding carboxylic acids is 1. The Morgan fingerprint density at radius 2 is 1.42 bits per heavy atom. The highest BCUT2D eigenvalue weighted by Crippen LogP contribution is 2.21. The number of carbonyl (C=O) groups is 1. The SMILES string of the molecule is Cc1ccc(C(=O)/C=C/C=C(/c2ccc(C)cc2)N2CCOCC2)cc1. The summed E-state index contributed by atoms with van der Waals surface area (Å²) in [5, 5.41) is 0. The average Bonchev–Trinajstić information content (AvgIpc) is 2.67. The monoisotopic (exact) mass is 347 g/mol. The van der Waals surface area contributed by atoms with Crippen LogP contribution in [0.15, 0.2) is 66.8 Å². The molecule has 1 heterocycles. The molecule has 1 aliphatic rings. The summed E-state index contributed by atoms with van der Waals surface area (Å²) in [4.78, 5) is 14.7. The maximum atomic E-state index is 12.3. The van der Waals surface area contributed by atoms with E-state index < -0.39 is 0 Å². The fourth-order valence-electron chi connectivity index (χ4n) is 2.95. The Labute approximate surface area is 155 Å². The van der Waals surface area contributed by atoms with Crippen molar-refractivity contribution in [2.45, 2.75) is 13.8 Å². The van der Waals surface area contributed by atoms with Gasteiger partial charge in [-0.3, -0.25) is 4.79 Å². The molecule has 0 aromatic heterocycles. The number of ether oxygens (including phenoxy) is 1. The molecule has 2 aromatic rings. The maximum Gasteiger partial charge on any atom is 0.185 e. The Bertz CT molecular complexity index is 795. The minimum absolute atomic E-state index is 0.0199. The summed E-state index contributed by atoms with van der Waals surface area (Å²) >= 11 is 0. The topological polar surface area (TPSA) is 29.5 Å². The van der Waals surface area contributed by atoms with Crippen LogP contribution in [0, 0.1) is 13.8 Å². The van der Waals surface area contributed by atoms with Crippen LogP contribution in [0.4, 0.5) is 0 Å². The predicted molar refractivity (Wildman–Crippen MR) is 106 cm³/mol. The van der Waals surface area contributed by atoms with Crippen molar-refractivity contribution in [2.75, 3.05) is 26.3 Å². The predicted octanol–water partition coefficient (Wildman–Crippen LogP) is 4.42. The number of hydrogen-bond donors (Lipinski definition) is 0. The molecule has 0 saturated carbocycles. The summed E-state index contributed by atoms with van der Waals surface area (Å²) in [6, 6.07) is 16.2. The van der Waals surface area contributed by atoms with Gasteiger partial charge >= 0.3 is 0 Å². The van der Waals surface area contributed by atoms with Crippen LogP contribution in [0.2, 0.25) is 0 Å². The molecule has 3 heteroatoms. The zero-order valence-corrected chi connectivity index (χ0v) is 15.4. The number of aryl methyl sites for hydroxylation is 2. The van der Waals surface area contributed by atoms with Crippen LogP contribution in [-0.4, -0.2) is 37.0 Å². The number of benzene rings is 2. The number of hydrogen-bond acceptors (Lipinski definition) is 3. The van der Waals surface area contributed by atoms with Crippen molar-refractivity contribution >= 4 is 11.5 Å². The van der Waals surface area contributed by atoms with E-state index in [0.717, 1.165) is 43.1 Å². The van der Waals surface area contributed by atoms with Gasteiger partial charge < -0.3 is 9.64 Å². The lowest BCUT2D eigenvalue weighted by atomic mass is 10.1. The first-order valence-corrected chi connectivity index (χ1v) is 9.02. The molecular weight excluding hydrogens is 322 g/mol. The lowest BCUT2D eigenvalue weighted by molar-refractivity contribution is 0.0639. The second kappa shape index (κ2) is 8.63. The van der Waals surface area contributed by atoms with E-state index in [4.69, 9.17) is 4.74 Å². The first-order valence-electron chi connectivity index (χ1n) is 9.02. The molecule has 1 aliphatic heterocycles. The summed E-state index contributed by atoms with van der Waals surface area (Å²) in [5.74, 6) is 0.0199. The number of ketones is 1. The van der Waals surface area contributed by atoms with E-state index in [0.29, 0.717) is 5.56 Å². The van der Waals surface area contributed by atoms with Crippen molar-refractivity contribution in [3.8, 4) is 0 Å². The maximum absolute atomic E-state index is 12.3. The van der Waals surface area contributed by atoms with E-state index in [1.165, 1.54) is 5.56 Å². The molecule has 0 bridgehead atoms. The Hall–Kier alpha value is -2.65. The Morgan fingerprint density at radius 3 is 2.00 bits per heavy atom. The molecule has 2 aromatic carbocycles. The summed E-state index contributed by atoms with van der Waals surface area (Å²) < 4.78 is 5.47. The Kier molecular flexibility index (Phi) is 6.03. The van der Waals surface area contributed by atoms with E-state index in [2.05, 4.69) is 36.1 Å². The fourth-order valence-corrected chi connectivity index (χ4v) is 2.95. The summed E-state index contributed by atoms with van der Waals surface area (Å²) in [5.41, 5.74) is 5.38. The van der Waals surface area contributed by atoms with Gasteiger partial charge in [0.2, 0.25) is 0 Å². The highest BCUT2D eigenvalue weighted by Gasteiger charge is 2.14. The Balaban J connectivity index is 1.82. The van der Waals surface area contributed by atoms with Crippen LogP contribution in [0.25, 0.3) is 5.70 Å². The van der Waals surface area contributed by atoms with Crippen molar-refractivity contribution in [3.05, 3.63) is 89.0 Å². The average molecular weight is 347 g/mol. The zero-order valence-electron chi connectivity index (χ0n) is 15.4. The second-order valence-corrected chi connectivity index (χ2v) is 6.61. The van der Waals surface area contributed by atoms with Gasteiger partial charge in [-0.25, -0.2) is 0 Å². The van der Waals surface area contributed by atoms with Gasteiger partial charge in [0, 0.05) is 24.4 Å². The van der Waals surface area contributed by atoms with Gasteiger partial charge in [0.15, 0.2) is 5.78 Å². The molecule has 3 rings (SSSR count). The van der Waals surface area contributed by atoms with Crippen molar-refractivity contribution < 1.29 is 9.53 Å². The smallest absolute Gasteiger partial charge is 0.185 e. The standard InChI is InChI=1S/C23H25NO2/c1-18-6-10-20(11-7-18)22(24-14-16-26-17-15-24)4-3-5-23(25)21-12-8-19(2)9-13-21/h3-13H,14-17H2,1-2H3/b5-3+,22-4-. The van der Waals surface area contributed by atoms with Gasteiger partial charge in [-0.2, -0.15) is 0 Å². The Morgan fingerprint density at radius 1 is 0.885 bits per heavy atom. The van der Waals surface area contributed by atoms with E-state index in [9.17, 15) is 4.79 Å². The van der Waals surface area contributed by atoms with Crippen LogP contribution in [0.1, 0.15) is 27.0 Å². The van der Waals surface area contributed by atoms with Gasteiger partial charge in [0.25, 0.3) is 0 Å². The third kappa shape index (κ3) is 4.70. The first kappa shape index (κ1) is 18.2. The lowest BCUT2D eigenvalue weighted by Gasteiger charge is -2.31. The third-order valence-corrected chi connectivity index (χ3v) is 4.54. The summed E-state index contributed by atoms with van der Waals surface area (Å²) in [6.45, 7) is 7.29. The molecule has 0 atom stereocenters. The van der Waals surface area contributed by atoms with Gasteiger partial charge in [-0.15, -0.1) is 0 Å². The minimum atomic E-state index is 0.0199. The number of rotatable bonds is 5. The lowest BCUT2D eigenvalue weighted by Crippen LogP contribution is -2.34. The van der Waals surface area contributed by atoms with Crippen LogP contribution in [0.3, 0.4) is 0 Å². The summed E-state index contributed by atoms with van der Waals surface area (Å²) in [6.07, 6.45) is 5.52. The molecule has 0 spiro atoms. The van der Waals surface area contributed by atoms with E-state index in [-0.39, 0.29) is 5.78 Å². The van der Waals surface area contributed by atoms with Gasteiger partial charge in [-0.05, 0) is 31.6 Å². The zero-order chi connectivity index (χ0) is 18.4. The van der Waals surface area contributed by atoms with Gasteiger partial charge in [0.05, 0.1) is 13.2 Å². The third-order valence-electron chi connectivity index (χ3n) is 4.54. The molecule has 0 aliphatic carbocycles. The van der Waals surface area contributed by atoms with Gasteiger partial charge in [0.1, 0.15) is 0 Å². The molecular formula is C23H25NO2. The van der Waals surface area contributed by atoms with E-state index in [1.807, 2.05) is 43.3 Å². The van der Waals surface area contributed by atoms with Crippen LogP contribution >= 0.6 is 0 Å². The highest BCUT2D eigenvalue weighted by atomic mass is 16.5. The molecule has 0 amide bonds. The van der Waals surface area contributed by atoms with Crippen LogP contribution in [0.5, 0.6) is 0 Å². The molecule has 134 valence electrons. The van der Waals surface area contributed by atoms with Crippen molar-refractivity contribution in [1.82, 2.24) is 4.90 Å². The van der Waals surface area contributed by atoms with Crippen molar-refractivity contribution in [3.63, 3.8) is 0 Å². The number of nitrogens with zero attached hydrogens (tertiary/aromatic N) is 1. The molecule has 26 heavy (non-hydrogen) atoms. The van der Waals surface area contributed by atoms with Crippen molar-refractivity contribution in [1.29, 1.82) is 0 Å². The highest BCUT2D eigenvalue weighted by molar-refractivity contribution is 6.04. The quantitative estimate of drug-likeness (QED) is 0.456. The molecule has 1 saturated heterocycles. The second-order valence-electron chi connectivity index (χ2n) is 6.61. The minimum Gasteiger partial charge on any atom is -0.378 e. The van der Waals surface area contributed by atoms with Gasteiger partial charge in [-0.1, -0.05) is 65.7 Å².